The lowest BCUT2D eigenvalue weighted by atomic mass is 9.93. The molecular weight excluding hydrogens is 268 g/mol. The molecule has 0 fully saturated rings. The van der Waals surface area contributed by atoms with Crippen molar-refractivity contribution in [2.24, 2.45) is 11.7 Å². The van der Waals surface area contributed by atoms with Crippen LogP contribution in [0.15, 0.2) is 18.2 Å². The van der Waals surface area contributed by atoms with Gasteiger partial charge < -0.3 is 10.5 Å². The highest BCUT2D eigenvalue weighted by Gasteiger charge is 2.24. The van der Waals surface area contributed by atoms with E-state index in [0.717, 1.165) is 29.3 Å². The van der Waals surface area contributed by atoms with Crippen molar-refractivity contribution < 1.29 is 4.74 Å². The van der Waals surface area contributed by atoms with E-state index in [-0.39, 0.29) is 6.04 Å². The van der Waals surface area contributed by atoms with Gasteiger partial charge in [-0.25, -0.2) is 4.98 Å². The van der Waals surface area contributed by atoms with E-state index in [1.165, 1.54) is 16.0 Å². The first-order valence-electron chi connectivity index (χ1n) is 7.02. The van der Waals surface area contributed by atoms with Crippen molar-refractivity contribution in [3.8, 4) is 17.0 Å². The van der Waals surface area contributed by atoms with Crippen LogP contribution >= 0.6 is 11.3 Å². The van der Waals surface area contributed by atoms with E-state index in [4.69, 9.17) is 15.5 Å². The number of thiazole rings is 1. The molecule has 1 aromatic carbocycles. The summed E-state index contributed by atoms with van der Waals surface area (Å²) in [5, 5.41) is 1.06. The van der Waals surface area contributed by atoms with Crippen molar-refractivity contribution in [2.75, 3.05) is 7.11 Å². The molecular formula is C16H20N2OS. The third-order valence-electron chi connectivity index (χ3n) is 3.91. The van der Waals surface area contributed by atoms with E-state index in [2.05, 4.69) is 26.0 Å². The molecule has 2 aromatic rings. The third kappa shape index (κ3) is 2.23. The molecule has 0 aliphatic heterocycles. The molecule has 1 aliphatic rings. The number of ether oxygens (including phenoxy) is 1. The lowest BCUT2D eigenvalue weighted by Crippen LogP contribution is -2.16. The Morgan fingerprint density at radius 2 is 2.10 bits per heavy atom. The predicted octanol–water partition coefficient (Wildman–Crippen LogP) is 3.57. The number of hydrogen-bond donors (Lipinski definition) is 1. The minimum atomic E-state index is 0.0345. The maximum Gasteiger partial charge on any atom is 0.119 e. The molecule has 2 N–H and O–H groups in total. The van der Waals surface area contributed by atoms with E-state index in [0.29, 0.717) is 5.92 Å². The molecule has 3 rings (SSSR count). The third-order valence-corrected chi connectivity index (χ3v) is 5.12. The van der Waals surface area contributed by atoms with E-state index < -0.39 is 0 Å². The maximum absolute atomic E-state index is 6.24. The molecule has 0 spiro atoms. The molecule has 1 aliphatic carbocycles. The van der Waals surface area contributed by atoms with Gasteiger partial charge in [0.2, 0.25) is 0 Å². The van der Waals surface area contributed by atoms with Gasteiger partial charge in [-0.3, -0.25) is 0 Å². The predicted molar refractivity (Wildman–Crippen MR) is 83.3 cm³/mol. The minimum absolute atomic E-state index is 0.0345. The van der Waals surface area contributed by atoms with E-state index in [9.17, 15) is 0 Å². The first-order chi connectivity index (χ1) is 9.60. The van der Waals surface area contributed by atoms with Crippen LogP contribution in [0.3, 0.4) is 0 Å². The fraction of sp³-hybridized carbons (Fsp3) is 0.438. The number of hydrogen-bond acceptors (Lipinski definition) is 4. The molecule has 0 bridgehead atoms. The monoisotopic (exact) mass is 288 g/mol. The Kier molecular flexibility index (Phi) is 3.52. The van der Waals surface area contributed by atoms with Crippen LogP contribution in [-0.2, 0) is 12.8 Å². The number of rotatable bonds is 3. The first kappa shape index (κ1) is 13.6. The second-order valence-corrected chi connectivity index (χ2v) is 6.73. The minimum Gasteiger partial charge on any atom is -0.497 e. The highest BCUT2D eigenvalue weighted by molar-refractivity contribution is 7.12. The zero-order valence-electron chi connectivity index (χ0n) is 12.1. The normalized spacial score (nSPS) is 14.8. The molecule has 1 unspecified atom stereocenters. The molecule has 0 radical (unpaired) electrons. The standard InChI is InChI=1S/C16H20N2OS/c1-9(2)14(17)16-18-15-12-6-5-11(19-3)8-10(12)4-7-13(15)20-16/h5-6,8-9,14H,4,7,17H2,1-3H3. The SMILES string of the molecule is COc1ccc2c(c1)CCc1sc(C(N)C(C)C)nc1-2. The number of nitrogens with two attached hydrogens (primary N) is 1. The van der Waals surface area contributed by atoms with Gasteiger partial charge in [-0.15, -0.1) is 11.3 Å². The number of fused-ring (bicyclic) bond motifs is 3. The summed E-state index contributed by atoms with van der Waals surface area (Å²) in [6.45, 7) is 4.29. The lowest BCUT2D eigenvalue weighted by Gasteiger charge is -2.15. The summed E-state index contributed by atoms with van der Waals surface area (Å²) < 4.78 is 5.31. The Bertz CT molecular complexity index is 633. The number of nitrogens with zero attached hydrogens (tertiary/aromatic N) is 1. The molecule has 1 aromatic heterocycles. The van der Waals surface area contributed by atoms with Gasteiger partial charge in [0.25, 0.3) is 0 Å². The van der Waals surface area contributed by atoms with Crippen molar-refractivity contribution in [2.45, 2.75) is 32.7 Å². The van der Waals surface area contributed by atoms with Crippen molar-refractivity contribution >= 4 is 11.3 Å². The summed E-state index contributed by atoms with van der Waals surface area (Å²) in [6, 6.07) is 6.29. The fourth-order valence-electron chi connectivity index (χ4n) is 2.56. The van der Waals surface area contributed by atoms with Gasteiger partial charge in [0, 0.05) is 10.4 Å². The summed E-state index contributed by atoms with van der Waals surface area (Å²) in [5.41, 5.74) is 9.94. The van der Waals surface area contributed by atoms with E-state index in [1.807, 2.05) is 6.07 Å². The largest absolute Gasteiger partial charge is 0.497 e. The molecule has 106 valence electrons. The van der Waals surface area contributed by atoms with Crippen molar-refractivity contribution in [1.29, 1.82) is 0 Å². The molecule has 20 heavy (non-hydrogen) atoms. The van der Waals surface area contributed by atoms with Gasteiger partial charge in [-0.1, -0.05) is 13.8 Å². The van der Waals surface area contributed by atoms with Gasteiger partial charge in [0.05, 0.1) is 18.8 Å². The number of benzene rings is 1. The summed E-state index contributed by atoms with van der Waals surface area (Å²) in [7, 11) is 1.71. The van der Waals surface area contributed by atoms with Gasteiger partial charge in [-0.05, 0) is 42.5 Å². The smallest absolute Gasteiger partial charge is 0.119 e. The molecule has 4 heteroatoms. The number of methoxy groups -OCH3 is 1. The zero-order valence-corrected chi connectivity index (χ0v) is 13.0. The second-order valence-electron chi connectivity index (χ2n) is 5.62. The van der Waals surface area contributed by atoms with Gasteiger partial charge in [-0.2, -0.15) is 0 Å². The second kappa shape index (κ2) is 5.19. The number of aryl methyl sites for hydroxylation is 2. The zero-order chi connectivity index (χ0) is 14.3. The Labute approximate surface area is 123 Å². The number of aromatic nitrogens is 1. The Balaban J connectivity index is 2.04. The highest BCUT2D eigenvalue weighted by Crippen LogP contribution is 2.39. The van der Waals surface area contributed by atoms with Gasteiger partial charge in [0.15, 0.2) is 0 Å². The summed E-state index contributed by atoms with van der Waals surface area (Å²) in [5.74, 6) is 1.33. The maximum atomic E-state index is 6.24. The van der Waals surface area contributed by atoms with Crippen molar-refractivity contribution in [3.63, 3.8) is 0 Å². The fourth-order valence-corrected chi connectivity index (χ4v) is 3.81. The van der Waals surface area contributed by atoms with E-state index in [1.54, 1.807) is 18.4 Å². The van der Waals surface area contributed by atoms with Crippen LogP contribution in [0.1, 0.15) is 35.3 Å². The molecule has 1 heterocycles. The van der Waals surface area contributed by atoms with Crippen LogP contribution in [0.2, 0.25) is 0 Å². The topological polar surface area (TPSA) is 48.1 Å². The van der Waals surface area contributed by atoms with Crippen LogP contribution in [-0.4, -0.2) is 12.1 Å². The Morgan fingerprint density at radius 1 is 1.30 bits per heavy atom. The van der Waals surface area contributed by atoms with Crippen LogP contribution in [0.4, 0.5) is 0 Å². The molecule has 0 saturated carbocycles. The Hall–Kier alpha value is -1.39. The summed E-state index contributed by atoms with van der Waals surface area (Å²) >= 11 is 1.78. The van der Waals surface area contributed by atoms with Crippen LogP contribution in [0.25, 0.3) is 11.3 Å². The van der Waals surface area contributed by atoms with Crippen molar-refractivity contribution in [1.82, 2.24) is 4.98 Å². The average Bonchev–Trinajstić information content (AvgIpc) is 2.89. The summed E-state index contributed by atoms with van der Waals surface area (Å²) in [4.78, 5) is 6.19. The van der Waals surface area contributed by atoms with Crippen LogP contribution in [0.5, 0.6) is 5.75 Å². The van der Waals surface area contributed by atoms with Gasteiger partial charge in [0.1, 0.15) is 10.8 Å². The lowest BCUT2D eigenvalue weighted by molar-refractivity contribution is 0.414. The van der Waals surface area contributed by atoms with Gasteiger partial charge >= 0.3 is 0 Å². The molecule has 1 atom stereocenters. The van der Waals surface area contributed by atoms with Crippen LogP contribution < -0.4 is 10.5 Å². The van der Waals surface area contributed by atoms with E-state index >= 15 is 0 Å². The van der Waals surface area contributed by atoms with Crippen LogP contribution in [0, 0.1) is 5.92 Å². The highest BCUT2D eigenvalue weighted by atomic mass is 32.1. The Morgan fingerprint density at radius 3 is 2.80 bits per heavy atom. The molecule has 0 saturated heterocycles. The average molecular weight is 288 g/mol. The quantitative estimate of drug-likeness (QED) is 0.939. The van der Waals surface area contributed by atoms with Crippen molar-refractivity contribution in [3.05, 3.63) is 33.6 Å². The molecule has 0 amide bonds. The first-order valence-corrected chi connectivity index (χ1v) is 7.84. The summed E-state index contributed by atoms with van der Waals surface area (Å²) in [6.07, 6.45) is 2.11. The molecule has 3 nitrogen and oxygen atoms in total.